The third kappa shape index (κ3) is 4.67. The maximum atomic E-state index is 12.8. The van der Waals surface area contributed by atoms with Crippen molar-refractivity contribution in [3.05, 3.63) is 111 Å². The Kier molecular flexibility index (Phi) is 6.20. The lowest BCUT2D eigenvalue weighted by Gasteiger charge is -2.11. The van der Waals surface area contributed by atoms with Gasteiger partial charge < -0.3 is 4.74 Å². The highest BCUT2D eigenvalue weighted by molar-refractivity contribution is 14.1. The molecule has 2 amide bonds. The zero-order valence-corrected chi connectivity index (χ0v) is 20.4. The van der Waals surface area contributed by atoms with Gasteiger partial charge in [-0.3, -0.25) is 9.59 Å². The number of hydrogen-bond donors (Lipinski definition) is 0. The first-order valence-corrected chi connectivity index (χ1v) is 12.2. The number of fused-ring (bicyclic) bond motifs is 1. The molecule has 0 unspecified atom stereocenters. The van der Waals surface area contributed by atoms with Crippen molar-refractivity contribution in [3.8, 4) is 5.75 Å². The van der Waals surface area contributed by atoms with Crippen LogP contribution in [0, 0.1) is 3.57 Å². The maximum absolute atomic E-state index is 12.8. The van der Waals surface area contributed by atoms with E-state index in [1.165, 1.54) is 15.7 Å². The largest absolute Gasteiger partial charge is 0.488 e. The minimum absolute atomic E-state index is 0.289. The van der Waals surface area contributed by atoms with Gasteiger partial charge in [0.1, 0.15) is 12.4 Å². The van der Waals surface area contributed by atoms with Crippen molar-refractivity contribution < 1.29 is 14.3 Å². The van der Waals surface area contributed by atoms with E-state index in [0.29, 0.717) is 17.2 Å². The number of carbonyl (C=O) groups excluding carboxylic acids is 2. The lowest BCUT2D eigenvalue weighted by atomic mass is 10.1. The van der Waals surface area contributed by atoms with Crippen LogP contribution in [0.2, 0.25) is 0 Å². The number of hydrogen-bond acceptors (Lipinski definition) is 4. The van der Waals surface area contributed by atoms with Gasteiger partial charge in [-0.25, -0.2) is 4.90 Å². The predicted octanol–water partition coefficient (Wildman–Crippen LogP) is 7.26. The molecule has 4 nitrogen and oxygen atoms in total. The van der Waals surface area contributed by atoms with E-state index in [1.54, 1.807) is 30.3 Å². The molecule has 0 N–H and O–H groups in total. The van der Waals surface area contributed by atoms with E-state index < -0.39 is 0 Å². The smallest absolute Gasteiger partial charge is 0.298 e. The SMILES string of the molecule is O=C1S/C(=C\c2ccc(OCc3ccc4ccccc4c3)c(I)c2)C(=O)N1c1ccccc1. The summed E-state index contributed by atoms with van der Waals surface area (Å²) in [4.78, 5) is 26.8. The second-order valence-electron chi connectivity index (χ2n) is 7.51. The van der Waals surface area contributed by atoms with Gasteiger partial charge in [0.05, 0.1) is 14.2 Å². The molecule has 0 aromatic heterocycles. The first kappa shape index (κ1) is 21.7. The minimum atomic E-state index is -0.303. The third-order valence-electron chi connectivity index (χ3n) is 5.27. The number of amides is 2. The Morgan fingerprint density at radius 1 is 0.848 bits per heavy atom. The number of imide groups is 1. The number of rotatable bonds is 5. The number of ether oxygens (including phenoxy) is 1. The molecule has 0 bridgehead atoms. The summed E-state index contributed by atoms with van der Waals surface area (Å²) >= 11 is 3.18. The number of para-hydroxylation sites is 1. The van der Waals surface area contributed by atoms with E-state index in [0.717, 1.165) is 32.2 Å². The highest BCUT2D eigenvalue weighted by Crippen LogP contribution is 2.36. The molecule has 0 spiro atoms. The van der Waals surface area contributed by atoms with Crippen LogP contribution in [-0.4, -0.2) is 11.1 Å². The van der Waals surface area contributed by atoms with E-state index in [4.69, 9.17) is 4.74 Å². The van der Waals surface area contributed by atoms with Crippen LogP contribution in [0.25, 0.3) is 16.8 Å². The Bertz CT molecular complexity index is 1400. The van der Waals surface area contributed by atoms with Crippen LogP contribution in [0.1, 0.15) is 11.1 Å². The highest BCUT2D eigenvalue weighted by Gasteiger charge is 2.36. The molecule has 1 aliphatic rings. The second kappa shape index (κ2) is 9.41. The Labute approximate surface area is 209 Å². The summed E-state index contributed by atoms with van der Waals surface area (Å²) in [7, 11) is 0. The Hall–Kier alpha value is -3.10. The minimum Gasteiger partial charge on any atom is -0.488 e. The topological polar surface area (TPSA) is 46.6 Å². The predicted molar refractivity (Wildman–Crippen MR) is 142 cm³/mol. The summed E-state index contributed by atoms with van der Waals surface area (Å²) in [6.45, 7) is 0.468. The van der Waals surface area contributed by atoms with Crippen molar-refractivity contribution in [2.45, 2.75) is 6.61 Å². The van der Waals surface area contributed by atoms with Crippen LogP contribution in [0.5, 0.6) is 5.75 Å². The lowest BCUT2D eigenvalue weighted by Crippen LogP contribution is -2.27. The molecule has 5 rings (SSSR count). The normalized spacial score (nSPS) is 14.9. The van der Waals surface area contributed by atoms with E-state index in [2.05, 4.69) is 52.9 Å². The highest BCUT2D eigenvalue weighted by atomic mass is 127. The monoisotopic (exact) mass is 563 g/mol. The maximum Gasteiger partial charge on any atom is 0.298 e. The van der Waals surface area contributed by atoms with Crippen LogP contribution in [0.15, 0.2) is 95.9 Å². The van der Waals surface area contributed by atoms with Gasteiger partial charge in [-0.2, -0.15) is 0 Å². The zero-order valence-electron chi connectivity index (χ0n) is 17.4. The summed E-state index contributed by atoms with van der Waals surface area (Å²) < 4.78 is 6.98. The van der Waals surface area contributed by atoms with Crippen molar-refractivity contribution in [1.29, 1.82) is 0 Å². The van der Waals surface area contributed by atoms with Gasteiger partial charge in [-0.15, -0.1) is 0 Å². The van der Waals surface area contributed by atoms with Crippen LogP contribution in [-0.2, 0) is 11.4 Å². The van der Waals surface area contributed by atoms with Gasteiger partial charge >= 0.3 is 0 Å². The molecule has 0 saturated carbocycles. The van der Waals surface area contributed by atoms with Crippen molar-refractivity contribution in [1.82, 2.24) is 0 Å². The quantitative estimate of drug-likeness (QED) is 0.189. The Balaban J connectivity index is 1.31. The molecule has 0 atom stereocenters. The average Bonchev–Trinajstić information content (AvgIpc) is 3.11. The summed E-state index contributed by atoms with van der Waals surface area (Å²) in [5.74, 6) is 0.473. The number of anilines is 1. The molecule has 4 aromatic rings. The first-order chi connectivity index (χ1) is 16.1. The van der Waals surface area contributed by atoms with Gasteiger partial charge in [-0.05, 0) is 92.7 Å². The average molecular weight is 563 g/mol. The van der Waals surface area contributed by atoms with Gasteiger partial charge in [-0.1, -0.05) is 60.7 Å². The number of benzene rings is 4. The van der Waals surface area contributed by atoms with Gasteiger partial charge in [0.25, 0.3) is 11.1 Å². The number of halogens is 1. The standard InChI is InChI=1S/C27H18INO3S/c28-23-15-18(16-25-26(30)29(27(31)33-25)22-8-2-1-3-9-22)11-13-24(23)32-17-19-10-12-20-6-4-5-7-21(20)14-19/h1-16H,17H2/b25-16-. The van der Waals surface area contributed by atoms with Gasteiger partial charge in [0, 0.05) is 0 Å². The van der Waals surface area contributed by atoms with Crippen molar-refractivity contribution in [2.75, 3.05) is 4.90 Å². The molecule has 1 fully saturated rings. The molecule has 1 aliphatic heterocycles. The molecular weight excluding hydrogens is 545 g/mol. The summed E-state index contributed by atoms with van der Waals surface area (Å²) in [6, 6.07) is 29.3. The summed E-state index contributed by atoms with van der Waals surface area (Å²) in [5, 5.41) is 2.10. The molecule has 1 saturated heterocycles. The van der Waals surface area contributed by atoms with Crippen LogP contribution in [0.4, 0.5) is 10.5 Å². The Morgan fingerprint density at radius 3 is 2.39 bits per heavy atom. The van der Waals surface area contributed by atoms with Crippen molar-refractivity contribution in [3.63, 3.8) is 0 Å². The molecular formula is C27H18INO3S. The molecule has 0 aliphatic carbocycles. The second-order valence-corrected chi connectivity index (χ2v) is 9.67. The van der Waals surface area contributed by atoms with E-state index in [1.807, 2.05) is 36.4 Å². The fourth-order valence-electron chi connectivity index (χ4n) is 3.63. The fraction of sp³-hybridized carbons (Fsp3) is 0.0370. The van der Waals surface area contributed by atoms with Gasteiger partial charge in [0.2, 0.25) is 0 Å². The lowest BCUT2D eigenvalue weighted by molar-refractivity contribution is -0.113. The van der Waals surface area contributed by atoms with Gasteiger partial charge in [0.15, 0.2) is 0 Å². The molecule has 0 radical (unpaired) electrons. The molecule has 1 heterocycles. The molecule has 6 heteroatoms. The Morgan fingerprint density at radius 2 is 1.61 bits per heavy atom. The molecule has 4 aromatic carbocycles. The summed E-state index contributed by atoms with van der Waals surface area (Å²) in [5.41, 5.74) is 2.52. The van der Waals surface area contributed by atoms with Crippen LogP contribution < -0.4 is 9.64 Å². The van der Waals surface area contributed by atoms with Crippen LogP contribution in [0.3, 0.4) is 0 Å². The molecule has 162 valence electrons. The number of thioether (sulfide) groups is 1. The summed E-state index contributed by atoms with van der Waals surface area (Å²) in [6.07, 6.45) is 1.75. The van der Waals surface area contributed by atoms with Crippen molar-refractivity contribution >= 4 is 68.0 Å². The third-order valence-corrected chi connectivity index (χ3v) is 6.98. The fourth-order valence-corrected chi connectivity index (χ4v) is 5.17. The van der Waals surface area contributed by atoms with E-state index >= 15 is 0 Å². The zero-order chi connectivity index (χ0) is 22.8. The van der Waals surface area contributed by atoms with Crippen LogP contribution >= 0.6 is 34.4 Å². The number of nitrogens with zero attached hydrogens (tertiary/aromatic N) is 1. The van der Waals surface area contributed by atoms with Crippen molar-refractivity contribution in [2.24, 2.45) is 0 Å². The first-order valence-electron chi connectivity index (χ1n) is 10.3. The van der Waals surface area contributed by atoms with E-state index in [9.17, 15) is 9.59 Å². The number of carbonyl (C=O) groups is 2. The van der Waals surface area contributed by atoms with E-state index in [-0.39, 0.29) is 11.1 Å². The molecule has 33 heavy (non-hydrogen) atoms.